The molecule has 64 valence electrons. The maximum atomic E-state index is 3.22. The predicted molar refractivity (Wildman–Crippen MR) is 46.1 cm³/mol. The van der Waals surface area contributed by atoms with Crippen molar-refractivity contribution >= 4 is 0 Å². The van der Waals surface area contributed by atoms with Crippen molar-refractivity contribution in [3.8, 4) is 0 Å². The predicted octanol–water partition coefficient (Wildman–Crippen LogP) is 1.29. The van der Waals surface area contributed by atoms with Gasteiger partial charge in [0.1, 0.15) is 0 Å². The van der Waals surface area contributed by atoms with Crippen molar-refractivity contribution < 1.29 is 0 Å². The van der Waals surface area contributed by atoms with Gasteiger partial charge in [-0.1, -0.05) is 32.1 Å². The van der Waals surface area contributed by atoms with Gasteiger partial charge in [0.25, 0.3) is 0 Å². The largest absolute Gasteiger partial charge is 0.258 e. The molecule has 0 aromatic carbocycles. The van der Waals surface area contributed by atoms with E-state index in [1.165, 1.54) is 45.2 Å². The third kappa shape index (κ3) is 1.74. The third-order valence-electron chi connectivity index (χ3n) is 3.17. The fourth-order valence-corrected chi connectivity index (χ4v) is 2.42. The molecule has 2 aliphatic rings. The second-order valence-electron chi connectivity index (χ2n) is 3.92. The zero-order valence-electron chi connectivity index (χ0n) is 7.10. The number of hydrogen-bond donors (Lipinski definition) is 2. The molecule has 0 radical (unpaired) electrons. The van der Waals surface area contributed by atoms with E-state index in [0.29, 0.717) is 0 Å². The maximum Gasteiger partial charge on any atom is 0.0143 e. The molecule has 0 aromatic rings. The Kier molecular flexibility index (Phi) is 2.44. The first-order chi connectivity index (χ1) is 5.47. The minimum Gasteiger partial charge on any atom is -0.258 e. The molecule has 0 atom stereocenters. The minimum absolute atomic E-state index is 0.926. The molecule has 2 nitrogen and oxygen atoms in total. The van der Waals surface area contributed by atoms with Crippen molar-refractivity contribution in [1.29, 1.82) is 0 Å². The van der Waals surface area contributed by atoms with Crippen LogP contribution < -0.4 is 10.9 Å². The van der Waals surface area contributed by atoms with Crippen LogP contribution in [0, 0.1) is 11.8 Å². The highest BCUT2D eigenvalue weighted by atomic mass is 15.4. The van der Waals surface area contributed by atoms with Gasteiger partial charge in [-0.05, 0) is 11.8 Å². The van der Waals surface area contributed by atoms with Crippen LogP contribution in [-0.4, -0.2) is 13.1 Å². The molecule has 1 saturated carbocycles. The molecular weight excluding hydrogens is 136 g/mol. The molecule has 0 amide bonds. The summed E-state index contributed by atoms with van der Waals surface area (Å²) >= 11 is 0. The van der Waals surface area contributed by atoms with Crippen LogP contribution >= 0.6 is 0 Å². The van der Waals surface area contributed by atoms with Crippen LogP contribution in [0.3, 0.4) is 0 Å². The topological polar surface area (TPSA) is 24.1 Å². The Morgan fingerprint density at radius 2 is 1.36 bits per heavy atom. The first-order valence-corrected chi connectivity index (χ1v) is 4.92. The lowest BCUT2D eigenvalue weighted by Crippen LogP contribution is -2.21. The van der Waals surface area contributed by atoms with Gasteiger partial charge in [0.15, 0.2) is 0 Å². The van der Waals surface area contributed by atoms with E-state index in [4.69, 9.17) is 0 Å². The standard InChI is InChI=1S/C9H18N2/c1-2-4-8(5-3-1)9-6-10-11-7-9/h8-11H,1-7H2. The number of hydrazine groups is 1. The van der Waals surface area contributed by atoms with E-state index in [0.717, 1.165) is 11.8 Å². The van der Waals surface area contributed by atoms with Gasteiger partial charge in [0.05, 0.1) is 0 Å². The second-order valence-corrected chi connectivity index (χ2v) is 3.92. The molecular formula is C9H18N2. The van der Waals surface area contributed by atoms with Crippen LogP contribution in [0.15, 0.2) is 0 Å². The van der Waals surface area contributed by atoms with Crippen LogP contribution in [0.25, 0.3) is 0 Å². The summed E-state index contributed by atoms with van der Waals surface area (Å²) < 4.78 is 0. The Balaban J connectivity index is 1.82. The number of rotatable bonds is 1. The van der Waals surface area contributed by atoms with Gasteiger partial charge < -0.3 is 0 Å². The molecule has 1 aliphatic heterocycles. The number of nitrogens with one attached hydrogen (secondary N) is 2. The van der Waals surface area contributed by atoms with Crippen molar-refractivity contribution in [2.24, 2.45) is 11.8 Å². The van der Waals surface area contributed by atoms with E-state index in [-0.39, 0.29) is 0 Å². The smallest absolute Gasteiger partial charge is 0.0143 e. The maximum absolute atomic E-state index is 3.22. The van der Waals surface area contributed by atoms with Gasteiger partial charge in [0, 0.05) is 13.1 Å². The van der Waals surface area contributed by atoms with E-state index in [9.17, 15) is 0 Å². The lowest BCUT2D eigenvalue weighted by atomic mass is 9.80. The summed E-state index contributed by atoms with van der Waals surface area (Å²) in [5.74, 6) is 1.95. The van der Waals surface area contributed by atoms with Crippen molar-refractivity contribution in [3.63, 3.8) is 0 Å². The van der Waals surface area contributed by atoms with Gasteiger partial charge in [0.2, 0.25) is 0 Å². The molecule has 2 heteroatoms. The van der Waals surface area contributed by atoms with Crippen LogP contribution in [0.5, 0.6) is 0 Å². The molecule has 0 bridgehead atoms. The molecule has 2 fully saturated rings. The fourth-order valence-electron chi connectivity index (χ4n) is 2.42. The van der Waals surface area contributed by atoms with E-state index in [2.05, 4.69) is 10.9 Å². The lowest BCUT2D eigenvalue weighted by Gasteiger charge is -2.25. The average molecular weight is 154 g/mol. The quantitative estimate of drug-likeness (QED) is 0.594. The van der Waals surface area contributed by atoms with Gasteiger partial charge in [-0.15, -0.1) is 0 Å². The zero-order valence-corrected chi connectivity index (χ0v) is 7.10. The van der Waals surface area contributed by atoms with Crippen LogP contribution in [0.4, 0.5) is 0 Å². The van der Waals surface area contributed by atoms with Crippen LogP contribution in [0.1, 0.15) is 32.1 Å². The van der Waals surface area contributed by atoms with Crippen LogP contribution in [-0.2, 0) is 0 Å². The summed E-state index contributed by atoms with van der Waals surface area (Å²) in [5.41, 5.74) is 6.44. The summed E-state index contributed by atoms with van der Waals surface area (Å²) in [6, 6.07) is 0. The van der Waals surface area contributed by atoms with Gasteiger partial charge in [-0.25, -0.2) is 0 Å². The summed E-state index contributed by atoms with van der Waals surface area (Å²) in [4.78, 5) is 0. The molecule has 1 heterocycles. The van der Waals surface area contributed by atoms with Gasteiger partial charge in [-0.3, -0.25) is 10.9 Å². The SMILES string of the molecule is C1CCC(C2CNNC2)CC1. The van der Waals surface area contributed by atoms with Gasteiger partial charge in [-0.2, -0.15) is 0 Å². The van der Waals surface area contributed by atoms with Crippen molar-refractivity contribution in [2.75, 3.05) is 13.1 Å². The van der Waals surface area contributed by atoms with Gasteiger partial charge >= 0.3 is 0 Å². The highest BCUT2D eigenvalue weighted by molar-refractivity contribution is 4.79. The molecule has 11 heavy (non-hydrogen) atoms. The van der Waals surface area contributed by atoms with E-state index in [1.807, 2.05) is 0 Å². The first kappa shape index (κ1) is 7.56. The molecule has 2 rings (SSSR count). The Labute approximate surface area is 68.7 Å². The molecule has 1 saturated heterocycles. The zero-order chi connectivity index (χ0) is 7.52. The summed E-state index contributed by atoms with van der Waals surface area (Å²) in [6.07, 6.45) is 7.38. The summed E-state index contributed by atoms with van der Waals surface area (Å²) in [6.45, 7) is 2.40. The molecule has 1 aliphatic carbocycles. The third-order valence-corrected chi connectivity index (χ3v) is 3.17. The molecule has 0 spiro atoms. The Morgan fingerprint density at radius 3 is 2.00 bits per heavy atom. The van der Waals surface area contributed by atoms with Crippen molar-refractivity contribution in [2.45, 2.75) is 32.1 Å². The normalized spacial score (nSPS) is 29.5. The molecule has 0 unspecified atom stereocenters. The Morgan fingerprint density at radius 1 is 0.727 bits per heavy atom. The van der Waals surface area contributed by atoms with Crippen LogP contribution in [0.2, 0.25) is 0 Å². The first-order valence-electron chi connectivity index (χ1n) is 4.92. The molecule has 0 aromatic heterocycles. The van der Waals surface area contributed by atoms with E-state index >= 15 is 0 Å². The number of hydrogen-bond acceptors (Lipinski definition) is 2. The summed E-state index contributed by atoms with van der Waals surface area (Å²) in [5, 5.41) is 0. The average Bonchev–Trinajstić information content (AvgIpc) is 2.58. The highest BCUT2D eigenvalue weighted by Gasteiger charge is 2.25. The van der Waals surface area contributed by atoms with Crippen molar-refractivity contribution in [1.82, 2.24) is 10.9 Å². The highest BCUT2D eigenvalue weighted by Crippen LogP contribution is 2.30. The van der Waals surface area contributed by atoms with E-state index in [1.54, 1.807) is 0 Å². The van der Waals surface area contributed by atoms with Crippen molar-refractivity contribution in [3.05, 3.63) is 0 Å². The molecule has 2 N–H and O–H groups in total. The monoisotopic (exact) mass is 154 g/mol. The Bertz CT molecular complexity index is 113. The summed E-state index contributed by atoms with van der Waals surface area (Å²) in [7, 11) is 0. The van der Waals surface area contributed by atoms with E-state index < -0.39 is 0 Å². The second kappa shape index (κ2) is 3.55. The lowest BCUT2D eigenvalue weighted by molar-refractivity contribution is 0.272. The Hall–Kier alpha value is -0.0800. The minimum atomic E-state index is 0.926. The fraction of sp³-hybridized carbons (Fsp3) is 1.00.